The van der Waals surface area contributed by atoms with E-state index < -0.39 is 0 Å². The van der Waals surface area contributed by atoms with Gasteiger partial charge in [-0.1, -0.05) is 41.6 Å². The van der Waals surface area contributed by atoms with Gasteiger partial charge in [0, 0.05) is 18.8 Å². The van der Waals surface area contributed by atoms with Crippen molar-refractivity contribution in [2.45, 2.75) is 20.5 Å². The third kappa shape index (κ3) is 3.77. The Bertz CT molecular complexity index is 929. The highest BCUT2D eigenvalue weighted by molar-refractivity contribution is 6.12. The molecule has 0 bridgehead atoms. The maximum absolute atomic E-state index is 6.10. The normalized spacial score (nSPS) is 11.5. The van der Waals surface area contributed by atoms with Crippen molar-refractivity contribution in [3.8, 4) is 5.75 Å². The molecule has 0 radical (unpaired) electrons. The molecule has 0 saturated carbocycles. The van der Waals surface area contributed by atoms with Crippen LogP contribution in [0.2, 0.25) is 0 Å². The smallest absolute Gasteiger partial charge is 0.135 e. The minimum atomic E-state index is 0.445. The lowest BCUT2D eigenvalue weighted by Crippen LogP contribution is -2.13. The standard InChI is InChI=1S/C21H23N3O2/c1-15-9-10-16(2)20(13-15)26-14-17-7-5-6-8-18(17)21(23-25-4)19-11-12-22-24(19)3/h5-13H,14H2,1-4H3/b23-21-. The highest BCUT2D eigenvalue weighted by Crippen LogP contribution is 2.22. The summed E-state index contributed by atoms with van der Waals surface area (Å²) in [6, 6.07) is 16.2. The van der Waals surface area contributed by atoms with Gasteiger partial charge in [-0.15, -0.1) is 0 Å². The van der Waals surface area contributed by atoms with E-state index in [1.807, 2.05) is 44.3 Å². The van der Waals surface area contributed by atoms with Gasteiger partial charge in [-0.05, 0) is 42.7 Å². The molecule has 1 aromatic heterocycles. The first-order chi connectivity index (χ1) is 12.6. The molecule has 1 heterocycles. The average Bonchev–Trinajstić information content (AvgIpc) is 3.06. The summed E-state index contributed by atoms with van der Waals surface area (Å²) in [5, 5.41) is 8.48. The third-order valence-electron chi connectivity index (χ3n) is 4.25. The molecule has 0 spiro atoms. The van der Waals surface area contributed by atoms with Crippen molar-refractivity contribution in [3.05, 3.63) is 82.7 Å². The Morgan fingerprint density at radius 3 is 2.65 bits per heavy atom. The first-order valence-electron chi connectivity index (χ1n) is 8.48. The van der Waals surface area contributed by atoms with Crippen molar-refractivity contribution >= 4 is 5.71 Å². The van der Waals surface area contributed by atoms with Crippen molar-refractivity contribution in [1.29, 1.82) is 0 Å². The second-order valence-electron chi connectivity index (χ2n) is 6.18. The summed E-state index contributed by atoms with van der Waals surface area (Å²) >= 11 is 0. The zero-order chi connectivity index (χ0) is 18.5. The predicted molar refractivity (Wildman–Crippen MR) is 103 cm³/mol. The monoisotopic (exact) mass is 349 g/mol. The van der Waals surface area contributed by atoms with E-state index in [2.05, 4.69) is 35.4 Å². The second kappa shape index (κ2) is 7.87. The summed E-state index contributed by atoms with van der Waals surface area (Å²) < 4.78 is 7.88. The van der Waals surface area contributed by atoms with Crippen LogP contribution in [0.15, 0.2) is 59.9 Å². The van der Waals surface area contributed by atoms with E-state index in [1.165, 1.54) is 5.56 Å². The van der Waals surface area contributed by atoms with Gasteiger partial charge in [0.2, 0.25) is 0 Å². The summed E-state index contributed by atoms with van der Waals surface area (Å²) in [6.07, 6.45) is 1.75. The lowest BCUT2D eigenvalue weighted by atomic mass is 10.0. The van der Waals surface area contributed by atoms with Gasteiger partial charge in [-0.25, -0.2) is 0 Å². The summed E-state index contributed by atoms with van der Waals surface area (Å²) in [5.74, 6) is 0.894. The fourth-order valence-corrected chi connectivity index (χ4v) is 2.83. The van der Waals surface area contributed by atoms with E-state index in [0.29, 0.717) is 6.61 Å². The molecule has 0 atom stereocenters. The van der Waals surface area contributed by atoms with Crippen LogP contribution in [0.3, 0.4) is 0 Å². The molecule has 5 nitrogen and oxygen atoms in total. The van der Waals surface area contributed by atoms with Gasteiger partial charge in [-0.2, -0.15) is 5.10 Å². The molecule has 0 aliphatic carbocycles. The maximum Gasteiger partial charge on any atom is 0.135 e. The number of rotatable bonds is 6. The van der Waals surface area contributed by atoms with Gasteiger partial charge in [0.1, 0.15) is 25.2 Å². The molecule has 5 heteroatoms. The number of nitrogens with zero attached hydrogens (tertiary/aromatic N) is 3. The number of benzene rings is 2. The van der Waals surface area contributed by atoms with E-state index in [1.54, 1.807) is 18.0 Å². The highest BCUT2D eigenvalue weighted by atomic mass is 16.6. The molecular weight excluding hydrogens is 326 g/mol. The van der Waals surface area contributed by atoms with E-state index in [-0.39, 0.29) is 0 Å². The Morgan fingerprint density at radius 1 is 1.12 bits per heavy atom. The molecule has 0 amide bonds. The van der Waals surface area contributed by atoms with Crippen LogP contribution in [0.1, 0.15) is 27.9 Å². The predicted octanol–water partition coefficient (Wildman–Crippen LogP) is 4.01. The highest BCUT2D eigenvalue weighted by Gasteiger charge is 2.16. The molecular formula is C21H23N3O2. The largest absolute Gasteiger partial charge is 0.489 e. The maximum atomic E-state index is 6.10. The summed E-state index contributed by atoms with van der Waals surface area (Å²) in [6.45, 7) is 4.56. The summed E-state index contributed by atoms with van der Waals surface area (Å²) in [7, 11) is 3.43. The van der Waals surface area contributed by atoms with E-state index in [9.17, 15) is 0 Å². The Kier molecular flexibility index (Phi) is 5.37. The average molecular weight is 349 g/mol. The van der Waals surface area contributed by atoms with E-state index in [0.717, 1.165) is 33.8 Å². The van der Waals surface area contributed by atoms with Crippen molar-refractivity contribution in [2.75, 3.05) is 7.11 Å². The Labute approximate surface area is 153 Å². The molecule has 0 aliphatic rings. The lowest BCUT2D eigenvalue weighted by molar-refractivity contribution is 0.213. The minimum Gasteiger partial charge on any atom is -0.489 e. The molecule has 26 heavy (non-hydrogen) atoms. The number of oxime groups is 1. The van der Waals surface area contributed by atoms with Gasteiger partial charge in [-0.3, -0.25) is 4.68 Å². The molecule has 0 fully saturated rings. The van der Waals surface area contributed by atoms with Crippen molar-refractivity contribution < 1.29 is 9.57 Å². The molecule has 0 N–H and O–H groups in total. The van der Waals surface area contributed by atoms with Gasteiger partial charge < -0.3 is 9.57 Å². The van der Waals surface area contributed by atoms with Crippen molar-refractivity contribution in [3.63, 3.8) is 0 Å². The Balaban J connectivity index is 1.94. The fraction of sp³-hybridized carbons (Fsp3) is 0.238. The van der Waals surface area contributed by atoms with E-state index in [4.69, 9.17) is 9.57 Å². The number of hydrogen-bond donors (Lipinski definition) is 0. The summed E-state index contributed by atoms with van der Waals surface area (Å²) in [4.78, 5) is 5.10. The Morgan fingerprint density at radius 2 is 1.92 bits per heavy atom. The second-order valence-corrected chi connectivity index (χ2v) is 6.18. The Hall–Kier alpha value is -3.08. The lowest BCUT2D eigenvalue weighted by Gasteiger charge is -2.14. The zero-order valence-corrected chi connectivity index (χ0v) is 15.6. The molecule has 3 rings (SSSR count). The van der Waals surface area contributed by atoms with E-state index >= 15 is 0 Å². The van der Waals surface area contributed by atoms with Crippen LogP contribution in [-0.2, 0) is 18.5 Å². The molecule has 0 saturated heterocycles. The van der Waals surface area contributed by atoms with Crippen LogP contribution in [-0.4, -0.2) is 22.6 Å². The van der Waals surface area contributed by atoms with Crippen molar-refractivity contribution in [2.24, 2.45) is 12.2 Å². The van der Waals surface area contributed by atoms with Gasteiger partial charge >= 0.3 is 0 Å². The van der Waals surface area contributed by atoms with Crippen LogP contribution in [0, 0.1) is 13.8 Å². The molecule has 2 aromatic carbocycles. The quantitative estimate of drug-likeness (QED) is 0.499. The molecule has 3 aromatic rings. The van der Waals surface area contributed by atoms with Gasteiger partial charge in [0.05, 0.1) is 5.69 Å². The number of hydrogen-bond acceptors (Lipinski definition) is 4. The molecule has 134 valence electrons. The van der Waals surface area contributed by atoms with Gasteiger partial charge in [0.15, 0.2) is 0 Å². The number of aryl methyl sites for hydroxylation is 3. The SMILES string of the molecule is CO/N=C(/c1ccccc1COc1cc(C)ccc1C)c1ccnn1C. The first-order valence-corrected chi connectivity index (χ1v) is 8.48. The zero-order valence-electron chi connectivity index (χ0n) is 15.6. The minimum absolute atomic E-state index is 0.445. The summed E-state index contributed by atoms with van der Waals surface area (Å²) in [5.41, 5.74) is 5.90. The topological polar surface area (TPSA) is 48.6 Å². The van der Waals surface area contributed by atoms with Gasteiger partial charge in [0.25, 0.3) is 0 Å². The van der Waals surface area contributed by atoms with Crippen LogP contribution in [0.4, 0.5) is 0 Å². The van der Waals surface area contributed by atoms with Crippen molar-refractivity contribution in [1.82, 2.24) is 9.78 Å². The van der Waals surface area contributed by atoms with Crippen LogP contribution in [0.5, 0.6) is 5.75 Å². The van der Waals surface area contributed by atoms with Crippen LogP contribution < -0.4 is 4.74 Å². The van der Waals surface area contributed by atoms with Crippen LogP contribution in [0.25, 0.3) is 0 Å². The first kappa shape index (κ1) is 17.7. The number of aromatic nitrogens is 2. The third-order valence-corrected chi connectivity index (χ3v) is 4.25. The molecule has 0 unspecified atom stereocenters. The fourth-order valence-electron chi connectivity index (χ4n) is 2.83. The number of ether oxygens (including phenoxy) is 1. The molecule has 0 aliphatic heterocycles. The van der Waals surface area contributed by atoms with Crippen LogP contribution >= 0.6 is 0 Å².